The van der Waals surface area contributed by atoms with Gasteiger partial charge in [-0.3, -0.25) is 28.0 Å². The molecule has 0 saturated carbocycles. The highest BCUT2D eigenvalue weighted by atomic mass is 31.2. The van der Waals surface area contributed by atoms with Crippen molar-refractivity contribution in [2.24, 2.45) is 0 Å². The molecule has 1 aliphatic rings. The Kier molecular flexibility index (Phi) is 11.9. The Morgan fingerprint density at radius 3 is 2.51 bits per heavy atom. The number of ether oxygens (including phenoxy) is 3. The predicted octanol–water partition coefficient (Wildman–Crippen LogP) is 0.310. The predicted molar refractivity (Wildman–Crippen MR) is 120 cm³/mol. The van der Waals surface area contributed by atoms with Crippen molar-refractivity contribution < 1.29 is 51.8 Å². The lowest BCUT2D eigenvalue weighted by Gasteiger charge is -2.25. The minimum absolute atomic E-state index is 0.125. The van der Waals surface area contributed by atoms with Crippen LogP contribution in [0.2, 0.25) is 0 Å². The lowest BCUT2D eigenvalue weighted by molar-refractivity contribution is -0.0612. The van der Waals surface area contributed by atoms with Crippen LogP contribution in [-0.2, 0) is 36.9 Å². The number of nitrogens with one attached hydrogen (secondary N) is 1. The number of nitrogens with zero attached hydrogens (tertiary/aromatic N) is 1. The Labute approximate surface area is 201 Å². The second-order valence-electron chi connectivity index (χ2n) is 7.56. The molecule has 202 valence electrons. The molecule has 15 nitrogen and oxygen atoms in total. The molecule has 0 aromatic carbocycles. The maximum atomic E-state index is 12.5. The molecule has 0 aliphatic carbocycles. The molecule has 17 heteroatoms. The van der Waals surface area contributed by atoms with Crippen LogP contribution in [0.5, 0.6) is 0 Å². The minimum Gasteiger partial charge on any atom is -0.396 e. The van der Waals surface area contributed by atoms with Crippen LogP contribution in [0.15, 0.2) is 21.9 Å². The highest BCUT2D eigenvalue weighted by Crippen LogP contribution is 2.50. The molecular formula is C18H32N2O13P2. The van der Waals surface area contributed by atoms with E-state index in [9.17, 15) is 28.5 Å². The van der Waals surface area contributed by atoms with Crippen molar-refractivity contribution >= 4 is 15.4 Å². The molecule has 35 heavy (non-hydrogen) atoms. The number of H-pyrrole nitrogens is 1. The number of aromatic nitrogens is 2. The number of hydrogen-bond donors (Lipinski definition) is 4. The number of phosphoric ester groups is 1. The number of phosphoric acid groups is 1. The maximum absolute atomic E-state index is 12.5. The summed E-state index contributed by atoms with van der Waals surface area (Å²) in [7, 11) is -7.67. The van der Waals surface area contributed by atoms with Crippen molar-refractivity contribution in [3.63, 3.8) is 0 Å². The van der Waals surface area contributed by atoms with Gasteiger partial charge in [0.15, 0.2) is 6.23 Å². The summed E-state index contributed by atoms with van der Waals surface area (Å²) < 4.78 is 57.2. The molecule has 2 rings (SSSR count). The average Bonchev–Trinajstić information content (AvgIpc) is 3.11. The topological polar surface area (TPSA) is 205 Å². The third-order valence-electron chi connectivity index (χ3n) is 4.79. The zero-order valence-electron chi connectivity index (χ0n) is 19.4. The molecule has 0 amide bonds. The van der Waals surface area contributed by atoms with E-state index in [0.717, 1.165) is 16.8 Å². The van der Waals surface area contributed by atoms with Gasteiger partial charge in [0.25, 0.3) is 5.56 Å². The first-order valence-corrected chi connectivity index (χ1v) is 14.1. The zero-order chi connectivity index (χ0) is 26.1. The average molecular weight is 546 g/mol. The summed E-state index contributed by atoms with van der Waals surface area (Å²) in [6, 6.07) is 1.06. The zero-order valence-corrected chi connectivity index (χ0v) is 21.2. The molecule has 0 radical (unpaired) electrons. The van der Waals surface area contributed by atoms with Crippen molar-refractivity contribution in [2.45, 2.75) is 50.7 Å². The fraction of sp³-hybridized carbons (Fsp3) is 0.778. The van der Waals surface area contributed by atoms with E-state index >= 15 is 0 Å². The van der Waals surface area contributed by atoms with Gasteiger partial charge in [-0.1, -0.05) is 6.92 Å². The van der Waals surface area contributed by atoms with Crippen LogP contribution < -0.4 is 11.2 Å². The first kappa shape index (κ1) is 30.0. The van der Waals surface area contributed by atoms with E-state index in [0.29, 0.717) is 12.8 Å². The molecule has 1 saturated heterocycles. The van der Waals surface area contributed by atoms with Crippen LogP contribution in [0, 0.1) is 0 Å². The summed E-state index contributed by atoms with van der Waals surface area (Å²) in [4.78, 5) is 46.0. The molecular weight excluding hydrogens is 514 g/mol. The highest BCUT2D eigenvalue weighted by molar-refractivity contribution is 7.52. The van der Waals surface area contributed by atoms with Crippen molar-refractivity contribution in [1.29, 1.82) is 0 Å². The molecule has 2 heterocycles. The van der Waals surface area contributed by atoms with Gasteiger partial charge in [0.05, 0.1) is 13.2 Å². The summed E-state index contributed by atoms with van der Waals surface area (Å²) in [5.74, 6) is 0. The van der Waals surface area contributed by atoms with Crippen LogP contribution in [0.4, 0.5) is 0 Å². The van der Waals surface area contributed by atoms with Crippen LogP contribution in [-0.4, -0.2) is 82.6 Å². The molecule has 3 unspecified atom stereocenters. The summed E-state index contributed by atoms with van der Waals surface area (Å²) in [5, 5.41) is 8.83. The lowest BCUT2D eigenvalue weighted by atomic mass is 10.1. The number of rotatable bonds is 16. The van der Waals surface area contributed by atoms with Crippen molar-refractivity contribution in [1.82, 2.24) is 9.55 Å². The van der Waals surface area contributed by atoms with Gasteiger partial charge in [-0.25, -0.2) is 9.36 Å². The second kappa shape index (κ2) is 13.9. The number of aromatic amines is 1. The van der Waals surface area contributed by atoms with Crippen LogP contribution in [0.25, 0.3) is 0 Å². The fourth-order valence-electron chi connectivity index (χ4n) is 3.20. The molecule has 4 N–H and O–H groups in total. The van der Waals surface area contributed by atoms with E-state index < -0.39 is 64.2 Å². The first-order valence-electron chi connectivity index (χ1n) is 10.8. The van der Waals surface area contributed by atoms with E-state index in [1.54, 1.807) is 0 Å². The monoisotopic (exact) mass is 546 g/mol. The molecule has 6 atom stereocenters. The molecule has 0 spiro atoms. The minimum atomic E-state index is -4.69. The van der Waals surface area contributed by atoms with Gasteiger partial charge in [0.2, 0.25) is 0 Å². The van der Waals surface area contributed by atoms with Gasteiger partial charge in [-0.2, -0.15) is 0 Å². The highest BCUT2D eigenvalue weighted by Gasteiger charge is 2.50. The third-order valence-corrected chi connectivity index (χ3v) is 6.87. The Balaban J connectivity index is 2.25. The maximum Gasteiger partial charge on any atom is 0.472 e. The van der Waals surface area contributed by atoms with Gasteiger partial charge in [-0.05, 0) is 19.3 Å². The van der Waals surface area contributed by atoms with Crippen molar-refractivity contribution in [3.05, 3.63) is 33.1 Å². The van der Waals surface area contributed by atoms with E-state index in [4.69, 9.17) is 32.9 Å². The lowest BCUT2D eigenvalue weighted by Crippen LogP contribution is -2.40. The Morgan fingerprint density at radius 2 is 1.89 bits per heavy atom. The number of aliphatic hydroxyl groups is 1. The van der Waals surface area contributed by atoms with Gasteiger partial charge in [0, 0.05) is 32.6 Å². The van der Waals surface area contributed by atoms with Gasteiger partial charge in [-0.15, -0.1) is 0 Å². The van der Waals surface area contributed by atoms with E-state index in [-0.39, 0.29) is 26.2 Å². The molecule has 1 aromatic heterocycles. The van der Waals surface area contributed by atoms with Gasteiger partial charge >= 0.3 is 21.1 Å². The van der Waals surface area contributed by atoms with Crippen molar-refractivity contribution in [3.8, 4) is 0 Å². The van der Waals surface area contributed by atoms with Gasteiger partial charge in [0.1, 0.15) is 24.7 Å². The van der Waals surface area contributed by atoms with Crippen molar-refractivity contribution in [2.75, 3.05) is 39.9 Å². The van der Waals surface area contributed by atoms with E-state index in [1.165, 1.54) is 7.11 Å². The molecule has 1 aliphatic heterocycles. The number of unbranched alkanes of at least 4 members (excludes halogenated alkanes) is 1. The van der Waals surface area contributed by atoms with Crippen LogP contribution >= 0.6 is 15.4 Å². The largest absolute Gasteiger partial charge is 0.472 e. The quantitative estimate of drug-likeness (QED) is 0.163. The number of hydrogen-bond acceptors (Lipinski definition) is 11. The van der Waals surface area contributed by atoms with Gasteiger partial charge < -0.3 is 33.6 Å². The normalized spacial score (nSPS) is 25.9. The Morgan fingerprint density at radius 1 is 1.14 bits per heavy atom. The summed E-state index contributed by atoms with van der Waals surface area (Å²) in [6.45, 7) is 1.15. The summed E-state index contributed by atoms with van der Waals surface area (Å²) >= 11 is 0. The Hall–Kier alpha value is -1.22. The van der Waals surface area contributed by atoms with E-state index in [1.807, 2.05) is 6.92 Å². The summed E-state index contributed by atoms with van der Waals surface area (Å²) in [6.07, 6.45) is -3.31. The third kappa shape index (κ3) is 9.30. The molecule has 1 aromatic rings. The standard InChI is InChI=1S/C18H32N2O13P2/c1-3-9-29-12-34(24,25)31-11-13-15(33-35(26,27)30-10-5-4-8-21)16(28-2)17(32-13)20-7-6-14(22)19-18(20)23/h6-7,13,15-17,21H,3-5,8-12H2,1-2H3,(H,24,25)(H,26,27)(H,19,22,23)/t13-,15?,16+,17-/m1/s1. The molecule has 0 bridgehead atoms. The Bertz CT molecular complexity index is 999. The second-order valence-corrected chi connectivity index (χ2v) is 10.8. The smallest absolute Gasteiger partial charge is 0.396 e. The fourth-order valence-corrected chi connectivity index (χ4v) is 5.00. The van der Waals surface area contributed by atoms with Crippen LogP contribution in [0.3, 0.4) is 0 Å². The summed E-state index contributed by atoms with van der Waals surface area (Å²) in [5.41, 5.74) is -1.51. The number of methoxy groups -OCH3 is 1. The van der Waals surface area contributed by atoms with Crippen LogP contribution in [0.1, 0.15) is 32.4 Å². The molecule has 1 fully saturated rings. The number of aliphatic hydroxyl groups excluding tert-OH is 1. The van der Waals surface area contributed by atoms with E-state index in [2.05, 4.69) is 4.98 Å². The first-order chi connectivity index (χ1) is 16.5. The SMILES string of the molecule is CCCOCP(=O)(O)OC[C@H]1O[C@@H](n2ccc(=O)[nH]c2=O)[C@@H](OC)C1OP(=O)(O)OCCCCO.